The van der Waals surface area contributed by atoms with E-state index in [2.05, 4.69) is 10.6 Å². The van der Waals surface area contributed by atoms with Crippen LogP contribution in [0.1, 0.15) is 38.5 Å². The molecule has 1 aromatic carbocycles. The molecular formula is C18H23ClN2O5. The zero-order valence-corrected chi connectivity index (χ0v) is 15.2. The fourth-order valence-corrected chi connectivity index (χ4v) is 3.18. The summed E-state index contributed by atoms with van der Waals surface area (Å²) in [6.07, 6.45) is 6.21. The second-order valence-electron chi connectivity index (χ2n) is 6.36. The topological polar surface area (TPSA) is 105 Å². The predicted molar refractivity (Wildman–Crippen MR) is 97.4 cm³/mol. The first kappa shape index (κ1) is 20.0. The van der Waals surface area contributed by atoms with Gasteiger partial charge >= 0.3 is 5.97 Å². The first-order chi connectivity index (χ1) is 12.4. The summed E-state index contributed by atoms with van der Waals surface area (Å²) < 4.78 is 5.01. The Morgan fingerprint density at radius 2 is 1.88 bits per heavy atom. The lowest BCUT2D eigenvalue weighted by Gasteiger charge is -2.20. The maximum Gasteiger partial charge on any atom is 0.341 e. The van der Waals surface area contributed by atoms with Gasteiger partial charge in [-0.25, -0.2) is 4.79 Å². The van der Waals surface area contributed by atoms with Gasteiger partial charge in [0.1, 0.15) is 5.75 Å². The molecule has 2 rings (SSSR count). The van der Waals surface area contributed by atoms with Crippen molar-refractivity contribution in [2.24, 2.45) is 5.92 Å². The molecule has 0 atom stereocenters. The summed E-state index contributed by atoms with van der Waals surface area (Å²) in [5.41, 5.74) is 0.434. The maximum atomic E-state index is 11.9. The molecule has 1 fully saturated rings. The van der Waals surface area contributed by atoms with E-state index in [4.69, 9.17) is 21.4 Å². The normalized spacial score (nSPS) is 14.5. The van der Waals surface area contributed by atoms with Gasteiger partial charge in [-0.05, 0) is 37.0 Å². The Kier molecular flexibility index (Phi) is 7.72. The molecule has 0 bridgehead atoms. The van der Waals surface area contributed by atoms with E-state index in [9.17, 15) is 14.4 Å². The van der Waals surface area contributed by atoms with E-state index in [1.165, 1.54) is 31.4 Å². The molecule has 26 heavy (non-hydrogen) atoms. The predicted octanol–water partition coefficient (Wildman–Crippen LogP) is 2.83. The Morgan fingerprint density at radius 3 is 2.54 bits per heavy atom. The van der Waals surface area contributed by atoms with Crippen LogP contribution in [-0.4, -0.2) is 36.0 Å². The molecule has 142 valence electrons. The minimum absolute atomic E-state index is 0.109. The number of carbonyl (C=O) groups is 3. The molecule has 8 heteroatoms. The van der Waals surface area contributed by atoms with Crippen molar-refractivity contribution in [1.29, 1.82) is 0 Å². The van der Waals surface area contributed by atoms with Gasteiger partial charge in [0.05, 0.1) is 11.6 Å². The summed E-state index contributed by atoms with van der Waals surface area (Å²) >= 11 is 5.99. The Labute approximate surface area is 157 Å². The van der Waals surface area contributed by atoms with Gasteiger partial charge < -0.3 is 20.5 Å². The summed E-state index contributed by atoms with van der Waals surface area (Å²) in [6, 6.07) is 4.48. The second kappa shape index (κ2) is 10.0. The number of benzene rings is 1. The van der Waals surface area contributed by atoms with E-state index in [0.29, 0.717) is 18.0 Å². The highest BCUT2D eigenvalue weighted by molar-refractivity contribution is 6.32. The molecular weight excluding hydrogens is 360 g/mol. The lowest BCUT2D eigenvalue weighted by Crippen LogP contribution is -2.34. The standard InChI is InChI=1S/C18H23ClN2O5/c19-14-9-13(6-7-15(14)26-11-18(24)25)21-17(23)10-20-16(22)8-12-4-2-1-3-5-12/h6-7,9,12H,1-5,8,10-11H2,(H,20,22)(H,21,23)(H,24,25). The number of nitrogens with one attached hydrogen (secondary N) is 2. The summed E-state index contributed by atoms with van der Waals surface area (Å²) in [7, 11) is 0. The summed E-state index contributed by atoms with van der Waals surface area (Å²) in [5, 5.41) is 14.0. The zero-order valence-electron chi connectivity index (χ0n) is 14.4. The van der Waals surface area contributed by atoms with Crippen LogP contribution in [0.4, 0.5) is 5.69 Å². The number of carbonyl (C=O) groups excluding carboxylic acids is 2. The molecule has 0 unspecified atom stereocenters. The fourth-order valence-electron chi connectivity index (χ4n) is 2.94. The van der Waals surface area contributed by atoms with Gasteiger partial charge in [0.25, 0.3) is 0 Å². The number of rotatable bonds is 8. The largest absolute Gasteiger partial charge is 0.480 e. The van der Waals surface area contributed by atoms with E-state index < -0.39 is 12.6 Å². The van der Waals surface area contributed by atoms with Crippen molar-refractivity contribution >= 4 is 35.1 Å². The van der Waals surface area contributed by atoms with Crippen molar-refractivity contribution in [2.75, 3.05) is 18.5 Å². The number of halogens is 1. The highest BCUT2D eigenvalue weighted by Crippen LogP contribution is 2.28. The fraction of sp³-hybridized carbons (Fsp3) is 0.500. The van der Waals surface area contributed by atoms with Crippen LogP contribution in [-0.2, 0) is 14.4 Å². The van der Waals surface area contributed by atoms with Crippen molar-refractivity contribution < 1.29 is 24.2 Å². The van der Waals surface area contributed by atoms with Crippen molar-refractivity contribution in [2.45, 2.75) is 38.5 Å². The molecule has 0 spiro atoms. The number of carboxylic acids is 1. The van der Waals surface area contributed by atoms with E-state index >= 15 is 0 Å². The van der Waals surface area contributed by atoms with Gasteiger partial charge in [0.15, 0.2) is 6.61 Å². The smallest absolute Gasteiger partial charge is 0.341 e. The van der Waals surface area contributed by atoms with E-state index in [1.54, 1.807) is 6.07 Å². The second-order valence-corrected chi connectivity index (χ2v) is 6.77. The number of carboxylic acid groups (broad SMARTS) is 1. The quantitative estimate of drug-likeness (QED) is 0.641. The molecule has 0 aliphatic heterocycles. The van der Waals surface area contributed by atoms with Crippen LogP contribution in [0.5, 0.6) is 5.75 Å². The van der Waals surface area contributed by atoms with Gasteiger partial charge in [0, 0.05) is 12.1 Å². The highest BCUT2D eigenvalue weighted by Gasteiger charge is 2.17. The van der Waals surface area contributed by atoms with Gasteiger partial charge in [-0.3, -0.25) is 9.59 Å². The number of hydrogen-bond acceptors (Lipinski definition) is 4. The van der Waals surface area contributed by atoms with Crippen LogP contribution < -0.4 is 15.4 Å². The summed E-state index contributed by atoms with van der Waals surface area (Å²) in [5.74, 6) is -0.945. The van der Waals surface area contributed by atoms with Gasteiger partial charge in [0.2, 0.25) is 11.8 Å². The lowest BCUT2D eigenvalue weighted by molar-refractivity contribution is -0.139. The average molecular weight is 383 g/mol. The van der Waals surface area contributed by atoms with E-state index in [1.807, 2.05) is 0 Å². The SMILES string of the molecule is O=C(O)COc1ccc(NC(=O)CNC(=O)CC2CCCCC2)cc1Cl. The number of ether oxygens (including phenoxy) is 1. The molecule has 0 saturated heterocycles. The molecule has 0 radical (unpaired) electrons. The first-order valence-electron chi connectivity index (χ1n) is 8.64. The van der Waals surface area contributed by atoms with Crippen molar-refractivity contribution in [3.05, 3.63) is 23.2 Å². The summed E-state index contributed by atoms with van der Waals surface area (Å²) in [6.45, 7) is -0.612. The lowest BCUT2D eigenvalue weighted by atomic mass is 9.87. The van der Waals surface area contributed by atoms with E-state index in [-0.39, 0.29) is 29.1 Å². The van der Waals surface area contributed by atoms with Gasteiger partial charge in [-0.15, -0.1) is 0 Å². The molecule has 3 N–H and O–H groups in total. The Hall–Kier alpha value is -2.28. The van der Waals surface area contributed by atoms with Crippen LogP contribution in [0.25, 0.3) is 0 Å². The van der Waals surface area contributed by atoms with Crippen molar-refractivity contribution in [3.8, 4) is 5.75 Å². The Balaban J connectivity index is 1.75. The average Bonchev–Trinajstić information content (AvgIpc) is 2.60. The van der Waals surface area contributed by atoms with Crippen LogP contribution in [0.2, 0.25) is 5.02 Å². The highest BCUT2D eigenvalue weighted by atomic mass is 35.5. The molecule has 0 aromatic heterocycles. The molecule has 1 saturated carbocycles. The molecule has 2 amide bonds. The monoisotopic (exact) mass is 382 g/mol. The van der Waals surface area contributed by atoms with Crippen molar-refractivity contribution in [1.82, 2.24) is 5.32 Å². The third kappa shape index (κ3) is 6.92. The van der Waals surface area contributed by atoms with Gasteiger partial charge in [-0.1, -0.05) is 30.9 Å². The minimum Gasteiger partial charge on any atom is -0.480 e. The molecule has 0 heterocycles. The minimum atomic E-state index is -1.11. The Bertz CT molecular complexity index is 659. The number of anilines is 1. The molecule has 1 aromatic rings. The van der Waals surface area contributed by atoms with Crippen LogP contribution in [0.15, 0.2) is 18.2 Å². The molecule has 1 aliphatic rings. The molecule has 7 nitrogen and oxygen atoms in total. The number of hydrogen-bond donors (Lipinski definition) is 3. The first-order valence-corrected chi connectivity index (χ1v) is 9.02. The van der Waals surface area contributed by atoms with Crippen LogP contribution in [0.3, 0.4) is 0 Å². The van der Waals surface area contributed by atoms with Gasteiger partial charge in [-0.2, -0.15) is 0 Å². The van der Waals surface area contributed by atoms with Crippen LogP contribution in [0, 0.1) is 5.92 Å². The third-order valence-corrected chi connectivity index (χ3v) is 4.51. The zero-order chi connectivity index (χ0) is 18.9. The van der Waals surface area contributed by atoms with Crippen molar-refractivity contribution in [3.63, 3.8) is 0 Å². The van der Waals surface area contributed by atoms with E-state index in [0.717, 1.165) is 12.8 Å². The number of amides is 2. The number of aliphatic carboxylic acids is 1. The molecule has 1 aliphatic carbocycles. The maximum absolute atomic E-state index is 11.9. The Morgan fingerprint density at radius 1 is 1.15 bits per heavy atom. The third-order valence-electron chi connectivity index (χ3n) is 4.21. The van der Waals surface area contributed by atoms with Crippen LogP contribution >= 0.6 is 11.6 Å². The summed E-state index contributed by atoms with van der Waals surface area (Å²) in [4.78, 5) is 34.3.